The maximum atomic E-state index is 5.99. The molecular formula is C9H8Cl3N3. The fourth-order valence-corrected chi connectivity index (χ4v) is 1.92. The summed E-state index contributed by atoms with van der Waals surface area (Å²) in [6.45, 7) is 1.36. The fourth-order valence-electron chi connectivity index (χ4n) is 1.26. The van der Waals surface area contributed by atoms with Crippen molar-refractivity contribution in [3.05, 3.63) is 28.2 Å². The quantitative estimate of drug-likeness (QED) is 0.789. The first kappa shape index (κ1) is 10.9. The van der Waals surface area contributed by atoms with Gasteiger partial charge in [-0.15, -0.1) is 0 Å². The van der Waals surface area contributed by atoms with Gasteiger partial charge >= 0.3 is 0 Å². The minimum Gasteiger partial charge on any atom is -0.323 e. The highest BCUT2D eigenvalue weighted by molar-refractivity contribution is 6.40. The summed E-state index contributed by atoms with van der Waals surface area (Å²) in [7, 11) is 0. The Morgan fingerprint density at radius 2 is 1.93 bits per heavy atom. The van der Waals surface area contributed by atoms with E-state index in [-0.39, 0.29) is 0 Å². The Bertz CT molecular complexity index is 385. The smallest absolute Gasteiger partial charge is 0.213 e. The molecule has 15 heavy (non-hydrogen) atoms. The van der Waals surface area contributed by atoms with Gasteiger partial charge in [0.15, 0.2) is 0 Å². The minimum atomic E-state index is 0.544. The number of hydrogen-bond acceptors (Lipinski definition) is 3. The number of halogens is 3. The van der Waals surface area contributed by atoms with Gasteiger partial charge in [0.25, 0.3) is 0 Å². The van der Waals surface area contributed by atoms with Gasteiger partial charge in [0.2, 0.25) is 5.96 Å². The molecule has 1 aromatic rings. The number of rotatable bonds is 1. The van der Waals surface area contributed by atoms with Crippen LogP contribution in [0.3, 0.4) is 0 Å². The highest BCUT2D eigenvalue weighted by Crippen LogP contribution is 2.30. The van der Waals surface area contributed by atoms with Crippen LogP contribution >= 0.6 is 35.0 Å². The van der Waals surface area contributed by atoms with Crippen LogP contribution in [0.2, 0.25) is 10.0 Å². The van der Waals surface area contributed by atoms with E-state index in [1.165, 1.54) is 4.42 Å². The highest BCUT2D eigenvalue weighted by atomic mass is 35.5. The number of para-hydroxylation sites is 1. The van der Waals surface area contributed by atoms with Gasteiger partial charge in [-0.2, -0.15) is 0 Å². The third kappa shape index (κ3) is 2.30. The van der Waals surface area contributed by atoms with Gasteiger partial charge in [-0.05, 0) is 12.1 Å². The number of nitrogens with one attached hydrogen (secondary N) is 1. The standard InChI is InChI=1S/C9H8Cl3N3/c10-6-2-1-3-7(11)8(6)14-9-13-4-5-15(9)12/h1-3H,4-5H2,(H,13,14). The zero-order valence-electron chi connectivity index (χ0n) is 7.67. The topological polar surface area (TPSA) is 27.6 Å². The number of guanidine groups is 1. The van der Waals surface area contributed by atoms with Crippen molar-refractivity contribution in [2.75, 3.05) is 18.4 Å². The van der Waals surface area contributed by atoms with Gasteiger partial charge in [0, 0.05) is 11.8 Å². The first-order valence-electron chi connectivity index (χ1n) is 4.37. The lowest BCUT2D eigenvalue weighted by Crippen LogP contribution is -2.24. The van der Waals surface area contributed by atoms with E-state index < -0.39 is 0 Å². The van der Waals surface area contributed by atoms with Crippen LogP contribution in [0, 0.1) is 0 Å². The Morgan fingerprint density at radius 1 is 1.27 bits per heavy atom. The largest absolute Gasteiger partial charge is 0.323 e. The van der Waals surface area contributed by atoms with Crippen LogP contribution in [0.5, 0.6) is 0 Å². The number of nitrogens with zero attached hydrogens (tertiary/aromatic N) is 2. The van der Waals surface area contributed by atoms with Crippen LogP contribution in [0.15, 0.2) is 23.2 Å². The van der Waals surface area contributed by atoms with Crippen LogP contribution in [0.1, 0.15) is 0 Å². The molecule has 0 aromatic heterocycles. The molecule has 1 aliphatic rings. The lowest BCUT2D eigenvalue weighted by molar-refractivity contribution is 0.716. The molecule has 1 aliphatic heterocycles. The van der Waals surface area contributed by atoms with E-state index in [0.717, 1.165) is 0 Å². The van der Waals surface area contributed by atoms with E-state index in [4.69, 9.17) is 35.0 Å². The molecule has 1 heterocycles. The van der Waals surface area contributed by atoms with Crippen molar-refractivity contribution in [1.29, 1.82) is 0 Å². The lowest BCUT2D eigenvalue weighted by Gasteiger charge is -2.14. The first-order valence-corrected chi connectivity index (χ1v) is 5.46. The Labute approximate surface area is 103 Å². The van der Waals surface area contributed by atoms with Gasteiger partial charge in [-0.3, -0.25) is 4.42 Å². The van der Waals surface area contributed by atoms with E-state index >= 15 is 0 Å². The second-order valence-corrected chi connectivity index (χ2v) is 4.24. The molecule has 0 saturated carbocycles. The fraction of sp³-hybridized carbons (Fsp3) is 0.222. The molecule has 0 bridgehead atoms. The average Bonchev–Trinajstić information content (AvgIpc) is 2.58. The molecule has 0 unspecified atom stereocenters. The number of aliphatic imine (C=N–C) groups is 1. The molecule has 80 valence electrons. The minimum absolute atomic E-state index is 0.544. The SMILES string of the molecule is Clc1cccc(Cl)c1NC1=NCCN1Cl. The van der Waals surface area contributed by atoms with Crippen LogP contribution < -0.4 is 5.32 Å². The van der Waals surface area contributed by atoms with Crippen molar-refractivity contribution in [3.8, 4) is 0 Å². The summed E-state index contributed by atoms with van der Waals surface area (Å²) in [4.78, 5) is 4.18. The van der Waals surface area contributed by atoms with Crippen molar-refractivity contribution in [1.82, 2.24) is 4.42 Å². The zero-order chi connectivity index (χ0) is 10.8. The Balaban J connectivity index is 2.24. The Kier molecular flexibility index (Phi) is 3.24. The van der Waals surface area contributed by atoms with E-state index in [1.807, 2.05) is 0 Å². The highest BCUT2D eigenvalue weighted by Gasteiger charge is 2.16. The van der Waals surface area contributed by atoms with Crippen LogP contribution in [0.4, 0.5) is 5.69 Å². The molecule has 2 rings (SSSR count). The van der Waals surface area contributed by atoms with Crippen molar-refractivity contribution < 1.29 is 0 Å². The summed E-state index contributed by atoms with van der Waals surface area (Å²) in [6, 6.07) is 5.29. The van der Waals surface area contributed by atoms with E-state index in [0.29, 0.717) is 34.8 Å². The van der Waals surface area contributed by atoms with Gasteiger partial charge in [-0.1, -0.05) is 29.3 Å². The van der Waals surface area contributed by atoms with Gasteiger partial charge in [-0.25, -0.2) is 4.99 Å². The predicted octanol–water partition coefficient (Wildman–Crippen LogP) is 3.23. The van der Waals surface area contributed by atoms with Gasteiger partial charge in [0.1, 0.15) is 0 Å². The maximum absolute atomic E-state index is 5.99. The van der Waals surface area contributed by atoms with Gasteiger partial charge in [0.05, 0.1) is 28.8 Å². The second kappa shape index (κ2) is 4.47. The molecule has 0 aliphatic carbocycles. The normalized spacial score (nSPS) is 15.4. The summed E-state index contributed by atoms with van der Waals surface area (Å²) in [5, 5.41) is 4.09. The van der Waals surface area contributed by atoms with Crippen molar-refractivity contribution >= 4 is 46.6 Å². The second-order valence-electron chi connectivity index (χ2n) is 3.01. The molecule has 1 N–H and O–H groups in total. The van der Waals surface area contributed by atoms with Crippen LogP contribution in [0.25, 0.3) is 0 Å². The molecule has 6 heteroatoms. The average molecular weight is 265 g/mol. The maximum Gasteiger partial charge on any atom is 0.213 e. The summed E-state index contributed by atoms with van der Waals surface area (Å²) in [5.74, 6) is 0.576. The van der Waals surface area contributed by atoms with Crippen LogP contribution in [-0.2, 0) is 0 Å². The Morgan fingerprint density at radius 3 is 2.47 bits per heavy atom. The molecule has 1 aromatic carbocycles. The third-order valence-electron chi connectivity index (χ3n) is 1.99. The predicted molar refractivity (Wildman–Crippen MR) is 64.9 cm³/mol. The molecule has 0 saturated heterocycles. The molecule has 0 spiro atoms. The van der Waals surface area contributed by atoms with Crippen LogP contribution in [-0.4, -0.2) is 23.5 Å². The number of benzene rings is 1. The summed E-state index contributed by atoms with van der Waals surface area (Å²) in [6.07, 6.45) is 0. The molecule has 0 amide bonds. The Hall–Kier alpha value is -0.640. The van der Waals surface area contributed by atoms with Crippen molar-refractivity contribution in [2.24, 2.45) is 4.99 Å². The number of anilines is 1. The van der Waals surface area contributed by atoms with E-state index in [9.17, 15) is 0 Å². The summed E-state index contributed by atoms with van der Waals surface area (Å²) < 4.78 is 1.50. The summed E-state index contributed by atoms with van der Waals surface area (Å²) in [5.41, 5.74) is 0.632. The molecular weight excluding hydrogens is 256 g/mol. The molecule has 3 nitrogen and oxygen atoms in total. The van der Waals surface area contributed by atoms with E-state index in [1.54, 1.807) is 18.2 Å². The van der Waals surface area contributed by atoms with Crippen molar-refractivity contribution in [3.63, 3.8) is 0 Å². The van der Waals surface area contributed by atoms with E-state index in [2.05, 4.69) is 10.3 Å². The molecule has 0 atom stereocenters. The summed E-state index contributed by atoms with van der Waals surface area (Å²) >= 11 is 17.9. The zero-order valence-corrected chi connectivity index (χ0v) is 9.94. The monoisotopic (exact) mass is 263 g/mol. The van der Waals surface area contributed by atoms with Crippen molar-refractivity contribution in [2.45, 2.75) is 0 Å². The molecule has 0 radical (unpaired) electrons. The molecule has 0 fully saturated rings. The first-order chi connectivity index (χ1) is 7.18. The lowest BCUT2D eigenvalue weighted by atomic mass is 10.3. The number of hydrogen-bond donors (Lipinski definition) is 1. The third-order valence-corrected chi connectivity index (χ3v) is 2.95. The van der Waals surface area contributed by atoms with Gasteiger partial charge < -0.3 is 5.32 Å².